The molecule has 1 aromatic carbocycles. The van der Waals surface area contributed by atoms with Crippen molar-refractivity contribution in [1.82, 2.24) is 15.6 Å². The SMILES string of the molecule is CNC(=O)C(Cc1c[nH]c2ccc(Br)cc12)NC(C)=O. The van der Waals surface area contributed by atoms with Crippen LogP contribution in [0.1, 0.15) is 12.5 Å². The Morgan fingerprint density at radius 2 is 2.15 bits per heavy atom. The summed E-state index contributed by atoms with van der Waals surface area (Å²) in [7, 11) is 1.56. The minimum atomic E-state index is -0.574. The predicted octanol–water partition coefficient (Wildman–Crippen LogP) is 1.72. The molecule has 2 amide bonds. The third-order valence-corrected chi connectivity index (χ3v) is 3.59. The number of carbonyl (C=O) groups excluding carboxylic acids is 2. The Morgan fingerprint density at radius 3 is 2.80 bits per heavy atom. The number of hydrogen-bond donors (Lipinski definition) is 3. The number of benzene rings is 1. The van der Waals surface area contributed by atoms with Gasteiger partial charge in [0.1, 0.15) is 6.04 Å². The van der Waals surface area contributed by atoms with Crippen molar-refractivity contribution in [2.24, 2.45) is 0 Å². The van der Waals surface area contributed by atoms with Gasteiger partial charge in [0.15, 0.2) is 0 Å². The highest BCUT2D eigenvalue weighted by atomic mass is 79.9. The van der Waals surface area contributed by atoms with Crippen molar-refractivity contribution in [3.63, 3.8) is 0 Å². The van der Waals surface area contributed by atoms with E-state index in [4.69, 9.17) is 0 Å². The van der Waals surface area contributed by atoms with E-state index < -0.39 is 6.04 Å². The maximum Gasteiger partial charge on any atom is 0.242 e. The highest BCUT2D eigenvalue weighted by Gasteiger charge is 2.20. The van der Waals surface area contributed by atoms with E-state index >= 15 is 0 Å². The van der Waals surface area contributed by atoms with Crippen LogP contribution >= 0.6 is 15.9 Å². The first-order valence-electron chi connectivity index (χ1n) is 6.25. The molecular formula is C14H16BrN3O2. The second kappa shape index (κ2) is 6.09. The average Bonchev–Trinajstić information content (AvgIpc) is 2.79. The van der Waals surface area contributed by atoms with Crippen LogP contribution in [0.25, 0.3) is 10.9 Å². The molecule has 5 nitrogen and oxygen atoms in total. The van der Waals surface area contributed by atoms with Crippen molar-refractivity contribution in [2.75, 3.05) is 7.05 Å². The number of aromatic nitrogens is 1. The molecule has 1 heterocycles. The van der Waals surface area contributed by atoms with Crippen LogP contribution in [0.15, 0.2) is 28.9 Å². The molecule has 0 saturated carbocycles. The van der Waals surface area contributed by atoms with Gasteiger partial charge in [-0.3, -0.25) is 9.59 Å². The Hall–Kier alpha value is -1.82. The second-order valence-electron chi connectivity index (χ2n) is 4.58. The monoisotopic (exact) mass is 337 g/mol. The summed E-state index contributed by atoms with van der Waals surface area (Å²) >= 11 is 3.44. The van der Waals surface area contributed by atoms with Gasteiger partial charge in [-0.25, -0.2) is 0 Å². The van der Waals surface area contributed by atoms with Crippen LogP contribution in [-0.4, -0.2) is 29.9 Å². The summed E-state index contributed by atoms with van der Waals surface area (Å²) in [5.74, 6) is -0.427. The number of likely N-dealkylation sites (N-methyl/N-ethyl adjacent to an activating group) is 1. The van der Waals surface area contributed by atoms with Gasteiger partial charge in [0.2, 0.25) is 11.8 Å². The first kappa shape index (κ1) is 14.6. The Labute approximate surface area is 125 Å². The molecule has 2 aromatic rings. The zero-order valence-electron chi connectivity index (χ0n) is 11.3. The molecular weight excluding hydrogens is 322 g/mol. The number of carbonyl (C=O) groups is 2. The summed E-state index contributed by atoms with van der Waals surface area (Å²) in [6, 6.07) is 5.34. The number of rotatable bonds is 4. The fourth-order valence-electron chi connectivity index (χ4n) is 2.17. The number of hydrogen-bond acceptors (Lipinski definition) is 2. The Bertz CT molecular complexity index is 651. The van der Waals surface area contributed by atoms with E-state index in [9.17, 15) is 9.59 Å². The van der Waals surface area contributed by atoms with Gasteiger partial charge in [-0.1, -0.05) is 15.9 Å². The smallest absolute Gasteiger partial charge is 0.242 e. The molecule has 1 unspecified atom stereocenters. The standard InChI is InChI=1S/C14H16BrN3O2/c1-8(19)18-13(14(20)16-2)5-9-7-17-12-4-3-10(15)6-11(9)12/h3-4,6-7,13,17H,5H2,1-2H3,(H,16,20)(H,18,19). The third-order valence-electron chi connectivity index (χ3n) is 3.09. The Morgan fingerprint density at radius 1 is 1.40 bits per heavy atom. The van der Waals surface area contributed by atoms with Gasteiger partial charge in [0, 0.05) is 42.0 Å². The van der Waals surface area contributed by atoms with Crippen molar-refractivity contribution < 1.29 is 9.59 Å². The highest BCUT2D eigenvalue weighted by Crippen LogP contribution is 2.23. The van der Waals surface area contributed by atoms with Gasteiger partial charge in [0.05, 0.1) is 0 Å². The van der Waals surface area contributed by atoms with Crippen molar-refractivity contribution >= 4 is 38.6 Å². The Balaban J connectivity index is 2.30. The normalized spacial score (nSPS) is 12.2. The summed E-state index contributed by atoms with van der Waals surface area (Å²) < 4.78 is 0.974. The number of halogens is 1. The van der Waals surface area contributed by atoms with Gasteiger partial charge in [0.25, 0.3) is 0 Å². The first-order valence-corrected chi connectivity index (χ1v) is 7.04. The predicted molar refractivity (Wildman–Crippen MR) is 81.4 cm³/mol. The highest BCUT2D eigenvalue weighted by molar-refractivity contribution is 9.10. The van der Waals surface area contributed by atoms with Crippen LogP contribution in [0.5, 0.6) is 0 Å². The van der Waals surface area contributed by atoms with Crippen LogP contribution < -0.4 is 10.6 Å². The average molecular weight is 338 g/mol. The van der Waals surface area contributed by atoms with Gasteiger partial charge in [-0.2, -0.15) is 0 Å². The number of fused-ring (bicyclic) bond motifs is 1. The van der Waals surface area contributed by atoms with Crippen LogP contribution in [0, 0.1) is 0 Å². The second-order valence-corrected chi connectivity index (χ2v) is 5.49. The van der Waals surface area contributed by atoms with Crippen molar-refractivity contribution in [2.45, 2.75) is 19.4 Å². The number of nitrogens with one attached hydrogen (secondary N) is 3. The molecule has 0 aliphatic heterocycles. The molecule has 106 valence electrons. The molecule has 0 aliphatic carbocycles. The summed E-state index contributed by atoms with van der Waals surface area (Å²) in [4.78, 5) is 26.2. The van der Waals surface area contributed by atoms with Crippen molar-refractivity contribution in [1.29, 1.82) is 0 Å². The van der Waals surface area contributed by atoms with Crippen LogP contribution in [0.4, 0.5) is 0 Å². The maximum absolute atomic E-state index is 11.8. The molecule has 20 heavy (non-hydrogen) atoms. The molecule has 6 heteroatoms. The quantitative estimate of drug-likeness (QED) is 0.794. The molecule has 0 radical (unpaired) electrons. The number of H-pyrrole nitrogens is 1. The largest absolute Gasteiger partial charge is 0.361 e. The first-order chi connectivity index (χ1) is 9.51. The van der Waals surface area contributed by atoms with Crippen LogP contribution in [0.3, 0.4) is 0 Å². The molecule has 0 bridgehead atoms. The lowest BCUT2D eigenvalue weighted by Crippen LogP contribution is -2.46. The van der Waals surface area contributed by atoms with E-state index in [1.807, 2.05) is 24.4 Å². The summed E-state index contributed by atoms with van der Waals surface area (Å²) in [5, 5.41) is 6.28. The molecule has 1 aromatic heterocycles. The van der Waals surface area contributed by atoms with E-state index in [0.717, 1.165) is 20.9 Å². The number of amides is 2. The minimum Gasteiger partial charge on any atom is -0.361 e. The zero-order chi connectivity index (χ0) is 14.7. The van der Waals surface area contributed by atoms with Crippen molar-refractivity contribution in [3.05, 3.63) is 34.4 Å². The maximum atomic E-state index is 11.8. The third kappa shape index (κ3) is 3.19. The summed E-state index contributed by atoms with van der Waals surface area (Å²) in [6.07, 6.45) is 2.31. The molecule has 2 rings (SSSR count). The summed E-state index contributed by atoms with van der Waals surface area (Å²) in [5.41, 5.74) is 1.99. The lowest BCUT2D eigenvalue weighted by atomic mass is 10.0. The molecule has 0 saturated heterocycles. The van der Waals surface area contributed by atoms with Crippen LogP contribution in [0.2, 0.25) is 0 Å². The molecule has 0 spiro atoms. The van der Waals surface area contributed by atoms with Gasteiger partial charge in [-0.15, -0.1) is 0 Å². The molecule has 0 fully saturated rings. The van der Waals surface area contributed by atoms with E-state index in [0.29, 0.717) is 6.42 Å². The fraction of sp³-hybridized carbons (Fsp3) is 0.286. The lowest BCUT2D eigenvalue weighted by Gasteiger charge is -2.15. The van der Waals surface area contributed by atoms with Gasteiger partial charge in [-0.05, 0) is 23.8 Å². The molecule has 1 atom stereocenters. The van der Waals surface area contributed by atoms with E-state index in [1.54, 1.807) is 7.05 Å². The zero-order valence-corrected chi connectivity index (χ0v) is 12.9. The number of aromatic amines is 1. The summed E-state index contributed by atoms with van der Waals surface area (Å²) in [6.45, 7) is 1.40. The van der Waals surface area contributed by atoms with Crippen molar-refractivity contribution in [3.8, 4) is 0 Å². The molecule has 0 aliphatic rings. The minimum absolute atomic E-state index is 0.204. The fourth-order valence-corrected chi connectivity index (χ4v) is 2.53. The van der Waals surface area contributed by atoms with Gasteiger partial charge < -0.3 is 15.6 Å². The molecule has 3 N–H and O–H groups in total. The lowest BCUT2D eigenvalue weighted by molar-refractivity contribution is -0.127. The van der Waals surface area contributed by atoms with E-state index in [-0.39, 0.29) is 11.8 Å². The Kier molecular flexibility index (Phi) is 4.44. The van der Waals surface area contributed by atoms with Crippen LogP contribution in [-0.2, 0) is 16.0 Å². The van der Waals surface area contributed by atoms with E-state index in [2.05, 4.69) is 31.5 Å². The van der Waals surface area contributed by atoms with Gasteiger partial charge >= 0.3 is 0 Å². The topological polar surface area (TPSA) is 74.0 Å². The van der Waals surface area contributed by atoms with E-state index in [1.165, 1.54) is 6.92 Å².